The number of amides is 1. The minimum atomic E-state index is 0.0245. The molecule has 1 aliphatic heterocycles. The SMILES string of the molecule is Cc1noc(C2CCN(C(=O)/C=C/c3c(C)nn(-c4ccccc4)c3C)CC2)n1. The molecule has 7 heteroatoms. The second-order valence-electron chi connectivity index (χ2n) is 7.44. The van der Waals surface area contributed by atoms with Gasteiger partial charge in [0.05, 0.1) is 11.4 Å². The summed E-state index contributed by atoms with van der Waals surface area (Å²) in [4.78, 5) is 18.9. The average molecular weight is 391 g/mol. The molecule has 2 aromatic heterocycles. The molecule has 0 radical (unpaired) electrons. The van der Waals surface area contributed by atoms with E-state index in [1.807, 2.05) is 66.8 Å². The molecule has 1 aliphatic rings. The molecular weight excluding hydrogens is 366 g/mol. The van der Waals surface area contributed by atoms with Gasteiger partial charge in [0.1, 0.15) is 0 Å². The standard InChI is InChI=1S/C22H25N5O2/c1-15-20(16(2)27(24-15)19-7-5-4-6-8-19)9-10-21(28)26-13-11-18(12-14-26)22-23-17(3)25-29-22/h4-10,18H,11-14H2,1-3H3/b10-9+. The van der Waals surface area contributed by atoms with Crippen LogP contribution in [0.5, 0.6) is 0 Å². The summed E-state index contributed by atoms with van der Waals surface area (Å²) < 4.78 is 7.20. The van der Waals surface area contributed by atoms with Gasteiger partial charge in [-0.25, -0.2) is 4.68 Å². The fraction of sp³-hybridized carbons (Fsp3) is 0.364. The maximum absolute atomic E-state index is 12.7. The van der Waals surface area contributed by atoms with Gasteiger partial charge >= 0.3 is 0 Å². The summed E-state index contributed by atoms with van der Waals surface area (Å²) in [5, 5.41) is 8.50. The van der Waals surface area contributed by atoms with Gasteiger partial charge in [-0.15, -0.1) is 0 Å². The summed E-state index contributed by atoms with van der Waals surface area (Å²) in [6, 6.07) is 10.0. The van der Waals surface area contributed by atoms with Gasteiger partial charge in [-0.2, -0.15) is 10.1 Å². The zero-order valence-corrected chi connectivity index (χ0v) is 17.0. The van der Waals surface area contributed by atoms with Gasteiger partial charge in [0.15, 0.2) is 5.82 Å². The highest BCUT2D eigenvalue weighted by Gasteiger charge is 2.26. The molecule has 0 unspecified atom stereocenters. The lowest BCUT2D eigenvalue weighted by molar-refractivity contribution is -0.127. The van der Waals surface area contributed by atoms with Crippen molar-refractivity contribution in [3.05, 3.63) is 65.1 Å². The van der Waals surface area contributed by atoms with E-state index in [0.29, 0.717) is 24.8 Å². The van der Waals surface area contributed by atoms with Crippen LogP contribution in [0, 0.1) is 20.8 Å². The first-order valence-electron chi connectivity index (χ1n) is 9.92. The zero-order valence-electron chi connectivity index (χ0n) is 17.0. The van der Waals surface area contributed by atoms with Crippen molar-refractivity contribution in [3.63, 3.8) is 0 Å². The Bertz CT molecular complexity index is 1030. The summed E-state index contributed by atoms with van der Waals surface area (Å²) in [6.45, 7) is 7.19. The lowest BCUT2D eigenvalue weighted by Gasteiger charge is -2.29. The van der Waals surface area contributed by atoms with E-state index < -0.39 is 0 Å². The molecular formula is C22H25N5O2. The molecule has 3 aromatic rings. The molecule has 1 amide bonds. The van der Waals surface area contributed by atoms with E-state index in [0.717, 1.165) is 35.5 Å². The quantitative estimate of drug-likeness (QED) is 0.635. The van der Waals surface area contributed by atoms with Crippen LogP contribution in [0.4, 0.5) is 0 Å². The van der Waals surface area contributed by atoms with Crippen molar-refractivity contribution in [1.29, 1.82) is 0 Å². The Morgan fingerprint density at radius 3 is 2.52 bits per heavy atom. The molecule has 1 fully saturated rings. The third-order valence-electron chi connectivity index (χ3n) is 5.44. The van der Waals surface area contributed by atoms with Crippen LogP contribution in [0.15, 0.2) is 40.9 Å². The number of likely N-dealkylation sites (tertiary alicyclic amines) is 1. The minimum absolute atomic E-state index is 0.0245. The first-order chi connectivity index (χ1) is 14.0. The lowest BCUT2D eigenvalue weighted by Crippen LogP contribution is -2.36. The Balaban J connectivity index is 1.42. The Morgan fingerprint density at radius 1 is 1.14 bits per heavy atom. The zero-order chi connectivity index (χ0) is 20.4. The van der Waals surface area contributed by atoms with E-state index in [4.69, 9.17) is 4.52 Å². The maximum atomic E-state index is 12.7. The summed E-state index contributed by atoms with van der Waals surface area (Å²) in [7, 11) is 0. The van der Waals surface area contributed by atoms with E-state index in [1.165, 1.54) is 0 Å². The van der Waals surface area contributed by atoms with E-state index in [1.54, 1.807) is 6.08 Å². The third kappa shape index (κ3) is 3.99. The Labute approximate surface area is 170 Å². The number of rotatable bonds is 4. The van der Waals surface area contributed by atoms with Crippen LogP contribution in [-0.4, -0.2) is 43.8 Å². The van der Waals surface area contributed by atoms with Crippen molar-refractivity contribution >= 4 is 12.0 Å². The Hall–Kier alpha value is -3.22. The highest BCUT2D eigenvalue weighted by atomic mass is 16.5. The monoisotopic (exact) mass is 391 g/mol. The Morgan fingerprint density at radius 2 is 1.86 bits per heavy atom. The number of hydrogen-bond acceptors (Lipinski definition) is 5. The van der Waals surface area contributed by atoms with Crippen LogP contribution >= 0.6 is 0 Å². The van der Waals surface area contributed by atoms with Gasteiger partial charge < -0.3 is 9.42 Å². The number of nitrogens with zero attached hydrogens (tertiary/aromatic N) is 5. The van der Waals surface area contributed by atoms with Crippen molar-refractivity contribution in [2.45, 2.75) is 39.5 Å². The summed E-state index contributed by atoms with van der Waals surface area (Å²) >= 11 is 0. The molecule has 150 valence electrons. The summed E-state index contributed by atoms with van der Waals surface area (Å²) in [6.07, 6.45) is 5.22. The van der Waals surface area contributed by atoms with Crippen molar-refractivity contribution in [2.75, 3.05) is 13.1 Å². The van der Waals surface area contributed by atoms with Gasteiger partial charge in [0.25, 0.3) is 0 Å². The van der Waals surface area contributed by atoms with E-state index in [-0.39, 0.29) is 11.8 Å². The van der Waals surface area contributed by atoms with Gasteiger partial charge in [-0.05, 0) is 51.8 Å². The third-order valence-corrected chi connectivity index (χ3v) is 5.44. The minimum Gasteiger partial charge on any atom is -0.339 e. The highest BCUT2D eigenvalue weighted by molar-refractivity contribution is 5.92. The molecule has 0 bridgehead atoms. The topological polar surface area (TPSA) is 77.0 Å². The predicted octanol–water partition coefficient (Wildman–Crippen LogP) is 3.60. The molecule has 0 spiro atoms. The molecule has 3 heterocycles. The second-order valence-corrected chi connectivity index (χ2v) is 7.44. The molecule has 0 saturated carbocycles. The van der Waals surface area contributed by atoms with Gasteiger partial charge in [-0.1, -0.05) is 23.4 Å². The first-order valence-corrected chi connectivity index (χ1v) is 9.92. The van der Waals surface area contributed by atoms with Crippen molar-refractivity contribution in [3.8, 4) is 5.69 Å². The number of benzene rings is 1. The van der Waals surface area contributed by atoms with Crippen LogP contribution in [0.3, 0.4) is 0 Å². The highest BCUT2D eigenvalue weighted by Crippen LogP contribution is 2.27. The number of carbonyl (C=O) groups is 1. The van der Waals surface area contributed by atoms with Gasteiger partial charge in [-0.3, -0.25) is 4.79 Å². The van der Waals surface area contributed by atoms with Gasteiger partial charge in [0.2, 0.25) is 11.8 Å². The number of hydrogen-bond donors (Lipinski definition) is 0. The predicted molar refractivity (Wildman–Crippen MR) is 110 cm³/mol. The molecule has 0 N–H and O–H groups in total. The fourth-order valence-corrected chi connectivity index (χ4v) is 3.80. The van der Waals surface area contributed by atoms with Crippen LogP contribution < -0.4 is 0 Å². The smallest absolute Gasteiger partial charge is 0.246 e. The van der Waals surface area contributed by atoms with Crippen molar-refractivity contribution in [1.82, 2.24) is 24.8 Å². The molecule has 4 rings (SSSR count). The van der Waals surface area contributed by atoms with Crippen LogP contribution in [0.2, 0.25) is 0 Å². The molecule has 0 atom stereocenters. The lowest BCUT2D eigenvalue weighted by atomic mass is 9.96. The number of carbonyl (C=O) groups excluding carboxylic acids is 1. The summed E-state index contributed by atoms with van der Waals surface area (Å²) in [5.74, 6) is 1.60. The fourth-order valence-electron chi connectivity index (χ4n) is 3.80. The molecule has 7 nitrogen and oxygen atoms in total. The van der Waals surface area contributed by atoms with Crippen molar-refractivity contribution in [2.24, 2.45) is 0 Å². The second kappa shape index (κ2) is 8.03. The number of para-hydroxylation sites is 1. The van der Waals surface area contributed by atoms with E-state index >= 15 is 0 Å². The number of aromatic nitrogens is 4. The average Bonchev–Trinajstić information content (AvgIpc) is 3.30. The Kier molecular flexibility index (Phi) is 5.29. The molecule has 0 aliphatic carbocycles. The largest absolute Gasteiger partial charge is 0.339 e. The molecule has 1 saturated heterocycles. The number of piperidine rings is 1. The number of aryl methyl sites for hydroxylation is 2. The van der Waals surface area contributed by atoms with Crippen LogP contribution in [0.1, 0.15) is 47.4 Å². The van der Waals surface area contributed by atoms with E-state index in [9.17, 15) is 4.79 Å². The molecule has 1 aromatic carbocycles. The maximum Gasteiger partial charge on any atom is 0.246 e. The van der Waals surface area contributed by atoms with Gasteiger partial charge in [0, 0.05) is 36.3 Å². The normalized spacial score (nSPS) is 15.3. The first kappa shape index (κ1) is 19.1. The van der Waals surface area contributed by atoms with Crippen molar-refractivity contribution < 1.29 is 9.32 Å². The van der Waals surface area contributed by atoms with E-state index in [2.05, 4.69) is 15.2 Å². The molecule has 29 heavy (non-hydrogen) atoms. The van der Waals surface area contributed by atoms with Crippen LogP contribution in [-0.2, 0) is 4.79 Å². The van der Waals surface area contributed by atoms with Crippen LogP contribution in [0.25, 0.3) is 11.8 Å². The summed E-state index contributed by atoms with van der Waals surface area (Å²) in [5.41, 5.74) is 3.92.